The van der Waals surface area contributed by atoms with Gasteiger partial charge in [0.1, 0.15) is 24.9 Å². The topological polar surface area (TPSA) is 215 Å². The number of ether oxygens (including phenoxy) is 9. The van der Waals surface area contributed by atoms with Crippen LogP contribution in [0.5, 0.6) is 0 Å². The molecule has 0 saturated carbocycles. The van der Waals surface area contributed by atoms with E-state index in [0.717, 1.165) is 48.5 Å². The van der Waals surface area contributed by atoms with Crippen LogP contribution in [0.1, 0.15) is 55.4 Å². The fourth-order valence-electron chi connectivity index (χ4n) is 4.62. The predicted molar refractivity (Wildman–Crippen MR) is 136 cm³/mol. The molecule has 0 aromatic heterocycles. The molecule has 1 amide bonds. The van der Waals surface area contributed by atoms with Gasteiger partial charge in [0, 0.05) is 48.5 Å². The summed E-state index contributed by atoms with van der Waals surface area (Å²) in [5, 5.41) is 2.53. The van der Waals surface area contributed by atoms with Gasteiger partial charge in [-0.05, 0) is 6.92 Å². The average molecular weight is 620 g/mol. The van der Waals surface area contributed by atoms with Crippen molar-refractivity contribution in [2.75, 3.05) is 6.61 Å². The van der Waals surface area contributed by atoms with E-state index in [-0.39, 0.29) is 0 Å². The van der Waals surface area contributed by atoms with Crippen LogP contribution in [0.4, 0.5) is 0 Å². The van der Waals surface area contributed by atoms with Gasteiger partial charge in [-0.15, -0.1) is 0 Å². The molecule has 0 spiro atoms. The lowest BCUT2D eigenvalue weighted by Crippen LogP contribution is -2.69. The van der Waals surface area contributed by atoms with Crippen LogP contribution < -0.4 is 5.32 Å². The Balaban J connectivity index is 2.66. The molecule has 17 nitrogen and oxygen atoms in total. The lowest BCUT2D eigenvalue weighted by Gasteiger charge is -2.48. The molecule has 10 atom stereocenters. The summed E-state index contributed by atoms with van der Waals surface area (Å²) in [5.41, 5.74) is 0. The van der Waals surface area contributed by atoms with Crippen molar-refractivity contribution < 1.29 is 76.2 Å². The highest BCUT2D eigenvalue weighted by molar-refractivity contribution is 5.73. The fraction of sp³-hybridized carbons (Fsp3) is 0.731. The van der Waals surface area contributed by atoms with E-state index in [4.69, 9.17) is 42.6 Å². The first-order valence-electron chi connectivity index (χ1n) is 13.2. The molecular weight excluding hydrogens is 582 g/mol. The summed E-state index contributed by atoms with van der Waals surface area (Å²) >= 11 is 0. The van der Waals surface area contributed by atoms with Crippen LogP contribution in [0.2, 0.25) is 0 Å². The van der Waals surface area contributed by atoms with Gasteiger partial charge in [-0.2, -0.15) is 0 Å². The number of nitrogens with one attached hydrogen (secondary N) is 1. The summed E-state index contributed by atoms with van der Waals surface area (Å²) in [6, 6.07) is -1.38. The highest BCUT2D eigenvalue weighted by Crippen LogP contribution is 2.34. The lowest BCUT2D eigenvalue weighted by molar-refractivity contribution is -0.340. The number of hydrogen-bond donors (Lipinski definition) is 1. The van der Waals surface area contributed by atoms with Crippen molar-refractivity contribution in [3.8, 4) is 0 Å². The van der Waals surface area contributed by atoms with Crippen LogP contribution in [0, 0.1) is 0 Å². The van der Waals surface area contributed by atoms with Gasteiger partial charge in [0.25, 0.3) is 0 Å². The van der Waals surface area contributed by atoms with Crippen molar-refractivity contribution in [1.82, 2.24) is 5.32 Å². The van der Waals surface area contributed by atoms with Gasteiger partial charge in [-0.3, -0.25) is 33.6 Å². The van der Waals surface area contributed by atoms with E-state index in [1.54, 1.807) is 0 Å². The Kier molecular flexibility index (Phi) is 12.8. The molecule has 0 aliphatic carbocycles. The molecule has 2 saturated heterocycles. The van der Waals surface area contributed by atoms with Crippen LogP contribution in [-0.4, -0.2) is 110 Å². The van der Waals surface area contributed by atoms with Crippen molar-refractivity contribution in [2.45, 2.75) is 117 Å². The van der Waals surface area contributed by atoms with Gasteiger partial charge in [-0.1, -0.05) is 0 Å². The molecule has 0 aromatic carbocycles. The summed E-state index contributed by atoms with van der Waals surface area (Å²) < 4.78 is 49.9. The Morgan fingerprint density at radius 3 is 1.53 bits per heavy atom. The van der Waals surface area contributed by atoms with Crippen LogP contribution in [-0.2, 0) is 76.2 Å². The van der Waals surface area contributed by atoms with E-state index in [9.17, 15) is 33.6 Å². The molecule has 2 fully saturated rings. The second kappa shape index (κ2) is 15.6. The highest BCUT2D eigenvalue weighted by atomic mass is 16.8. The maximum absolute atomic E-state index is 12.2. The Bertz CT molecular complexity index is 1060. The molecule has 1 N–H and O–H groups in total. The zero-order valence-corrected chi connectivity index (χ0v) is 25.0. The molecule has 0 aromatic rings. The van der Waals surface area contributed by atoms with E-state index in [0.29, 0.717) is 0 Å². The molecule has 2 aliphatic heterocycles. The SMILES string of the molecule is CC(=O)N[C@@H]1[C@H](OC(C)=O)O[C@H](COC(C)=O)[C@@H](OC(C)=O)[C@H]1O[C@@H]1O[C@H](C)[C@@H](OC(C)=O)[C@H](OC(C)=O)[C@@H]1OC(C)=O. The van der Waals surface area contributed by atoms with E-state index >= 15 is 0 Å². The van der Waals surface area contributed by atoms with Gasteiger partial charge in [0.2, 0.25) is 12.2 Å². The minimum absolute atomic E-state index is 0.502. The van der Waals surface area contributed by atoms with Crippen molar-refractivity contribution in [3.63, 3.8) is 0 Å². The smallest absolute Gasteiger partial charge is 0.305 e. The molecule has 0 unspecified atom stereocenters. The number of amides is 1. The summed E-state index contributed by atoms with van der Waals surface area (Å²) in [5.74, 6) is -5.43. The molecule has 0 bridgehead atoms. The van der Waals surface area contributed by atoms with Crippen molar-refractivity contribution in [1.29, 1.82) is 0 Å². The van der Waals surface area contributed by atoms with Gasteiger partial charge in [-0.25, -0.2) is 0 Å². The maximum atomic E-state index is 12.2. The van der Waals surface area contributed by atoms with Crippen molar-refractivity contribution >= 4 is 41.7 Å². The Labute approximate surface area is 247 Å². The second-order valence-corrected chi connectivity index (χ2v) is 9.79. The normalized spacial score (nSPS) is 31.9. The Hall–Kier alpha value is -3.83. The third-order valence-electron chi connectivity index (χ3n) is 5.98. The van der Waals surface area contributed by atoms with Crippen molar-refractivity contribution in [2.24, 2.45) is 0 Å². The average Bonchev–Trinajstić information content (AvgIpc) is 2.84. The van der Waals surface area contributed by atoms with Gasteiger partial charge < -0.3 is 47.9 Å². The number of carbonyl (C=O) groups is 7. The van der Waals surface area contributed by atoms with Crippen LogP contribution in [0.15, 0.2) is 0 Å². The highest BCUT2D eigenvalue weighted by Gasteiger charge is 2.56. The molecular formula is C26H37NO16. The number of carbonyl (C=O) groups excluding carboxylic acids is 7. The first-order chi connectivity index (χ1) is 20.0. The summed E-state index contributed by atoms with van der Waals surface area (Å²) in [7, 11) is 0. The quantitative estimate of drug-likeness (QED) is 0.234. The predicted octanol–water partition coefficient (Wildman–Crippen LogP) is -0.801. The summed E-state index contributed by atoms with van der Waals surface area (Å²) in [6.45, 7) is 8.64. The van der Waals surface area contributed by atoms with E-state index < -0.39 is 110 Å². The minimum Gasteiger partial charge on any atom is -0.463 e. The first-order valence-corrected chi connectivity index (χ1v) is 13.2. The number of rotatable bonds is 10. The zero-order chi connectivity index (χ0) is 32.6. The lowest BCUT2D eigenvalue weighted by atomic mass is 9.94. The second-order valence-electron chi connectivity index (χ2n) is 9.79. The van der Waals surface area contributed by atoms with Crippen molar-refractivity contribution in [3.05, 3.63) is 0 Å². The molecule has 2 rings (SSSR count). The molecule has 0 radical (unpaired) electrons. The summed E-state index contributed by atoms with van der Waals surface area (Å²) in [4.78, 5) is 84.0. The van der Waals surface area contributed by atoms with Gasteiger partial charge >= 0.3 is 35.8 Å². The third-order valence-corrected chi connectivity index (χ3v) is 5.98. The first kappa shape index (κ1) is 35.4. The van der Waals surface area contributed by atoms with Crippen LogP contribution >= 0.6 is 0 Å². The summed E-state index contributed by atoms with van der Waals surface area (Å²) in [6.07, 6.45) is -12.7. The monoisotopic (exact) mass is 619 g/mol. The van der Waals surface area contributed by atoms with Crippen LogP contribution in [0.25, 0.3) is 0 Å². The minimum atomic E-state index is -1.63. The molecule has 43 heavy (non-hydrogen) atoms. The van der Waals surface area contributed by atoms with E-state index in [1.807, 2.05) is 0 Å². The Morgan fingerprint density at radius 1 is 0.558 bits per heavy atom. The maximum Gasteiger partial charge on any atom is 0.305 e. The largest absolute Gasteiger partial charge is 0.463 e. The number of esters is 6. The van der Waals surface area contributed by atoms with E-state index in [1.165, 1.54) is 6.92 Å². The van der Waals surface area contributed by atoms with E-state index in [2.05, 4.69) is 5.32 Å². The number of hydrogen-bond acceptors (Lipinski definition) is 16. The fourth-order valence-corrected chi connectivity index (χ4v) is 4.62. The third kappa shape index (κ3) is 10.4. The standard InChI is InChI=1S/C26H37NO16/c1-10-20(37-13(4)30)23(39-15(6)32)24(40-16(7)33)26(36-10)43-22-19(27-11(2)28)25(41-17(8)34)42-18(9-35-12(3)29)21(22)38-14(5)31/h10,18-26H,9H2,1-8H3,(H,27,28)/t10-,18-,19+,20-,21-,22+,23+,24+,25-,26+/m1/s1. The molecule has 17 heteroatoms. The Morgan fingerprint density at radius 2 is 1.05 bits per heavy atom. The van der Waals surface area contributed by atoms with Crippen LogP contribution in [0.3, 0.4) is 0 Å². The molecule has 2 heterocycles. The van der Waals surface area contributed by atoms with Gasteiger partial charge in [0.15, 0.2) is 30.7 Å². The van der Waals surface area contributed by atoms with Gasteiger partial charge in [0.05, 0.1) is 6.10 Å². The zero-order valence-electron chi connectivity index (χ0n) is 25.0. The molecule has 2 aliphatic rings. The molecule has 242 valence electrons.